The molecule has 22 heavy (non-hydrogen) atoms. The van der Waals surface area contributed by atoms with E-state index in [1.54, 1.807) is 24.3 Å². The number of carbonyl (C=O) groups is 2. The molecule has 2 aliphatic rings. The third kappa shape index (κ3) is 1.56. The number of aromatic carboxylic acids is 1. The van der Waals surface area contributed by atoms with Crippen LogP contribution in [0.3, 0.4) is 0 Å². The standard InChI is InChI=1S/C17H12FNO3/c18-13-4-2-1-3-10(13)12-8-17(12)11-7-9(15(20)21)5-6-14(11)19-16(17)22/h1-7,12H,8H2,(H,19,22)(H,20,21)/t12-,17+/m0/s1. The van der Waals surface area contributed by atoms with Gasteiger partial charge in [-0.2, -0.15) is 0 Å². The smallest absolute Gasteiger partial charge is 0.335 e. The Morgan fingerprint density at radius 3 is 2.77 bits per heavy atom. The molecule has 5 heteroatoms. The SMILES string of the molecule is O=C(O)c1ccc2c(c1)[C@@]1(C[C@H]1c1ccccc1F)C(=O)N2. The molecular formula is C17H12FNO3. The second-order valence-electron chi connectivity index (χ2n) is 5.77. The molecule has 0 saturated heterocycles. The molecule has 1 saturated carbocycles. The van der Waals surface area contributed by atoms with Crippen LogP contribution in [0.15, 0.2) is 42.5 Å². The van der Waals surface area contributed by atoms with E-state index in [-0.39, 0.29) is 23.2 Å². The zero-order chi connectivity index (χ0) is 15.5. The summed E-state index contributed by atoms with van der Waals surface area (Å²) in [5.41, 5.74) is 1.09. The van der Waals surface area contributed by atoms with E-state index in [1.807, 2.05) is 0 Å². The molecular weight excluding hydrogens is 285 g/mol. The Labute approximate surface area is 125 Å². The van der Waals surface area contributed by atoms with Gasteiger partial charge in [-0.05, 0) is 41.8 Å². The summed E-state index contributed by atoms with van der Waals surface area (Å²) in [5.74, 6) is -1.81. The van der Waals surface area contributed by atoms with Gasteiger partial charge in [-0.15, -0.1) is 0 Å². The van der Waals surface area contributed by atoms with Gasteiger partial charge in [-0.3, -0.25) is 4.79 Å². The minimum atomic E-state index is -1.04. The number of amides is 1. The predicted octanol–water partition coefficient (Wildman–Crippen LogP) is 2.90. The van der Waals surface area contributed by atoms with Crippen LogP contribution in [-0.4, -0.2) is 17.0 Å². The van der Waals surface area contributed by atoms with Gasteiger partial charge in [-0.1, -0.05) is 18.2 Å². The van der Waals surface area contributed by atoms with Gasteiger partial charge in [-0.25, -0.2) is 9.18 Å². The molecule has 4 rings (SSSR count). The van der Waals surface area contributed by atoms with Crippen molar-refractivity contribution in [1.29, 1.82) is 0 Å². The first-order valence-corrected chi connectivity index (χ1v) is 6.98. The third-order valence-electron chi connectivity index (χ3n) is 4.64. The molecule has 1 amide bonds. The molecule has 110 valence electrons. The third-order valence-corrected chi connectivity index (χ3v) is 4.64. The number of carbonyl (C=O) groups excluding carboxylic acids is 1. The van der Waals surface area contributed by atoms with Gasteiger partial charge in [0.1, 0.15) is 5.82 Å². The number of hydrogen-bond acceptors (Lipinski definition) is 2. The molecule has 2 aromatic carbocycles. The maximum absolute atomic E-state index is 14.0. The van der Waals surface area contributed by atoms with Crippen molar-refractivity contribution >= 4 is 17.6 Å². The van der Waals surface area contributed by atoms with Crippen molar-refractivity contribution in [2.45, 2.75) is 17.8 Å². The van der Waals surface area contributed by atoms with E-state index < -0.39 is 11.4 Å². The zero-order valence-electron chi connectivity index (χ0n) is 11.5. The van der Waals surface area contributed by atoms with Crippen molar-refractivity contribution in [3.63, 3.8) is 0 Å². The maximum Gasteiger partial charge on any atom is 0.335 e. The van der Waals surface area contributed by atoms with Gasteiger partial charge in [0.15, 0.2) is 0 Å². The molecule has 1 heterocycles. The number of rotatable bonds is 2. The monoisotopic (exact) mass is 297 g/mol. The van der Waals surface area contributed by atoms with E-state index >= 15 is 0 Å². The van der Waals surface area contributed by atoms with Crippen LogP contribution in [0.1, 0.15) is 33.8 Å². The Morgan fingerprint density at radius 2 is 2.05 bits per heavy atom. The molecule has 2 N–H and O–H groups in total. The first kappa shape index (κ1) is 13.0. The van der Waals surface area contributed by atoms with Gasteiger partial charge in [0.05, 0.1) is 11.0 Å². The van der Waals surface area contributed by atoms with E-state index in [9.17, 15) is 14.0 Å². The van der Waals surface area contributed by atoms with Crippen molar-refractivity contribution in [3.05, 3.63) is 65.0 Å². The summed E-state index contributed by atoms with van der Waals surface area (Å²) in [6, 6.07) is 11.0. The van der Waals surface area contributed by atoms with E-state index in [1.165, 1.54) is 18.2 Å². The molecule has 0 radical (unpaired) electrons. The Kier molecular flexibility index (Phi) is 2.46. The number of halogens is 1. The molecule has 1 aliphatic heterocycles. The zero-order valence-corrected chi connectivity index (χ0v) is 11.5. The van der Waals surface area contributed by atoms with Gasteiger partial charge in [0, 0.05) is 11.6 Å². The highest BCUT2D eigenvalue weighted by Gasteiger charge is 2.65. The molecule has 2 aromatic rings. The van der Waals surface area contributed by atoms with Crippen LogP contribution >= 0.6 is 0 Å². The number of carboxylic acid groups (broad SMARTS) is 1. The summed E-state index contributed by atoms with van der Waals surface area (Å²) in [6.45, 7) is 0. The van der Waals surface area contributed by atoms with Crippen molar-refractivity contribution in [1.82, 2.24) is 0 Å². The summed E-state index contributed by atoms with van der Waals surface area (Å²) in [6.07, 6.45) is 0.496. The van der Waals surface area contributed by atoms with Crippen molar-refractivity contribution in [2.75, 3.05) is 5.32 Å². The second kappa shape index (κ2) is 4.16. The molecule has 1 fully saturated rings. The highest BCUT2D eigenvalue weighted by Crippen LogP contribution is 2.65. The highest BCUT2D eigenvalue weighted by molar-refractivity contribution is 6.10. The first-order chi connectivity index (χ1) is 10.5. The number of benzene rings is 2. The number of carboxylic acids is 1. The Morgan fingerprint density at radius 1 is 1.27 bits per heavy atom. The Bertz CT molecular complexity index is 832. The van der Waals surface area contributed by atoms with Crippen molar-refractivity contribution in [3.8, 4) is 0 Å². The quantitative estimate of drug-likeness (QED) is 0.895. The Balaban J connectivity index is 1.83. The fourth-order valence-electron chi connectivity index (χ4n) is 3.46. The second-order valence-corrected chi connectivity index (χ2v) is 5.77. The minimum Gasteiger partial charge on any atom is -0.478 e. The first-order valence-electron chi connectivity index (χ1n) is 6.98. The van der Waals surface area contributed by atoms with Crippen LogP contribution in [-0.2, 0) is 10.2 Å². The predicted molar refractivity (Wildman–Crippen MR) is 77.5 cm³/mol. The molecule has 0 unspecified atom stereocenters. The lowest BCUT2D eigenvalue weighted by atomic mass is 9.91. The number of anilines is 1. The molecule has 0 aromatic heterocycles. The lowest BCUT2D eigenvalue weighted by Gasteiger charge is -2.10. The fourth-order valence-corrected chi connectivity index (χ4v) is 3.46. The van der Waals surface area contributed by atoms with Crippen LogP contribution in [0, 0.1) is 5.82 Å². The maximum atomic E-state index is 14.0. The largest absolute Gasteiger partial charge is 0.478 e. The van der Waals surface area contributed by atoms with Gasteiger partial charge in [0.25, 0.3) is 0 Å². The van der Waals surface area contributed by atoms with Gasteiger partial charge < -0.3 is 10.4 Å². The molecule has 4 nitrogen and oxygen atoms in total. The van der Waals surface area contributed by atoms with Crippen LogP contribution in [0.2, 0.25) is 0 Å². The van der Waals surface area contributed by atoms with E-state index in [2.05, 4.69) is 5.32 Å². The van der Waals surface area contributed by atoms with Crippen molar-refractivity contribution < 1.29 is 19.1 Å². The summed E-state index contributed by atoms with van der Waals surface area (Å²) < 4.78 is 14.0. The number of fused-ring (bicyclic) bond motifs is 2. The summed E-state index contributed by atoms with van der Waals surface area (Å²) in [5, 5.41) is 11.9. The summed E-state index contributed by atoms with van der Waals surface area (Å²) in [7, 11) is 0. The lowest BCUT2D eigenvalue weighted by Crippen LogP contribution is -2.21. The molecule has 1 aliphatic carbocycles. The Hall–Kier alpha value is -2.69. The molecule has 2 atom stereocenters. The normalized spacial score (nSPS) is 25.0. The van der Waals surface area contributed by atoms with E-state index in [0.29, 0.717) is 23.2 Å². The summed E-state index contributed by atoms with van der Waals surface area (Å²) in [4.78, 5) is 23.6. The van der Waals surface area contributed by atoms with Crippen LogP contribution in [0.5, 0.6) is 0 Å². The van der Waals surface area contributed by atoms with E-state index in [0.717, 1.165) is 0 Å². The van der Waals surface area contributed by atoms with Crippen LogP contribution < -0.4 is 5.32 Å². The average Bonchev–Trinajstić information content (AvgIpc) is 3.17. The van der Waals surface area contributed by atoms with E-state index in [4.69, 9.17) is 5.11 Å². The molecule has 0 bridgehead atoms. The summed E-state index contributed by atoms with van der Waals surface area (Å²) >= 11 is 0. The van der Waals surface area contributed by atoms with Gasteiger partial charge in [0.2, 0.25) is 5.91 Å². The highest BCUT2D eigenvalue weighted by atomic mass is 19.1. The average molecular weight is 297 g/mol. The fraction of sp³-hybridized carbons (Fsp3) is 0.176. The van der Waals surface area contributed by atoms with Gasteiger partial charge >= 0.3 is 5.97 Å². The lowest BCUT2D eigenvalue weighted by molar-refractivity contribution is -0.118. The van der Waals surface area contributed by atoms with Crippen molar-refractivity contribution in [2.24, 2.45) is 0 Å². The number of nitrogens with one attached hydrogen (secondary N) is 1. The topological polar surface area (TPSA) is 66.4 Å². The van der Waals surface area contributed by atoms with Crippen LogP contribution in [0.25, 0.3) is 0 Å². The molecule has 1 spiro atoms. The van der Waals surface area contributed by atoms with Crippen LogP contribution in [0.4, 0.5) is 10.1 Å². The minimum absolute atomic E-state index is 0.133. The number of hydrogen-bond donors (Lipinski definition) is 2.